The maximum atomic E-state index is 10.5. The molecule has 1 atom stereocenters. The average molecular weight is 200 g/mol. The molecule has 0 saturated heterocycles. The minimum atomic E-state index is -0.831. The number of aryl methyl sites for hydroxylation is 1. The number of carbonyl (C=O) groups is 1. The van der Waals surface area contributed by atoms with Gasteiger partial charge in [-0.1, -0.05) is 0 Å². The number of hydrogen-bond acceptors (Lipinski definition) is 4. The molecule has 0 spiro atoms. The van der Waals surface area contributed by atoms with E-state index in [1.807, 2.05) is 6.92 Å². The van der Waals surface area contributed by atoms with Gasteiger partial charge in [-0.05, 0) is 13.8 Å². The summed E-state index contributed by atoms with van der Waals surface area (Å²) >= 11 is 1.54. The van der Waals surface area contributed by atoms with Crippen molar-refractivity contribution in [3.63, 3.8) is 0 Å². The average Bonchev–Trinajstić information content (AvgIpc) is 2.47. The Labute approximate surface area is 80.6 Å². The summed E-state index contributed by atoms with van der Waals surface area (Å²) in [6, 6.07) is -0.513. The lowest BCUT2D eigenvalue weighted by Crippen LogP contribution is -2.32. The van der Waals surface area contributed by atoms with Crippen molar-refractivity contribution in [2.75, 3.05) is 0 Å². The predicted molar refractivity (Wildman–Crippen MR) is 50.8 cm³/mol. The van der Waals surface area contributed by atoms with Crippen LogP contribution in [0.25, 0.3) is 0 Å². The van der Waals surface area contributed by atoms with Gasteiger partial charge in [0, 0.05) is 11.4 Å². The summed E-state index contributed by atoms with van der Waals surface area (Å²) < 4.78 is 0. The lowest BCUT2D eigenvalue weighted by molar-refractivity contribution is -0.139. The van der Waals surface area contributed by atoms with E-state index in [-0.39, 0.29) is 0 Å². The molecule has 0 saturated carbocycles. The quantitative estimate of drug-likeness (QED) is 0.761. The van der Waals surface area contributed by atoms with Gasteiger partial charge in [-0.25, -0.2) is 4.98 Å². The third-order valence-electron chi connectivity index (χ3n) is 1.78. The molecule has 0 aliphatic heterocycles. The molecule has 4 nitrogen and oxygen atoms in total. The van der Waals surface area contributed by atoms with Crippen molar-refractivity contribution in [1.82, 2.24) is 10.3 Å². The minimum Gasteiger partial charge on any atom is -0.480 e. The second-order valence-electron chi connectivity index (χ2n) is 2.80. The van der Waals surface area contributed by atoms with Crippen LogP contribution in [0, 0.1) is 6.92 Å². The van der Waals surface area contributed by atoms with Gasteiger partial charge >= 0.3 is 5.97 Å². The monoisotopic (exact) mass is 200 g/mol. The van der Waals surface area contributed by atoms with Crippen LogP contribution in [0.5, 0.6) is 0 Å². The molecule has 1 aromatic rings. The molecular weight excluding hydrogens is 188 g/mol. The number of carboxylic acid groups (broad SMARTS) is 1. The maximum Gasteiger partial charge on any atom is 0.320 e. The summed E-state index contributed by atoms with van der Waals surface area (Å²) in [7, 11) is 0. The highest BCUT2D eigenvalue weighted by atomic mass is 32.1. The smallest absolute Gasteiger partial charge is 0.320 e. The van der Waals surface area contributed by atoms with Crippen LogP contribution in [0.15, 0.2) is 5.51 Å². The van der Waals surface area contributed by atoms with Gasteiger partial charge in [0.05, 0.1) is 11.2 Å². The first-order chi connectivity index (χ1) is 6.11. The Balaban J connectivity index is 2.44. The number of nitrogens with zero attached hydrogens (tertiary/aromatic N) is 1. The van der Waals surface area contributed by atoms with Crippen molar-refractivity contribution in [3.05, 3.63) is 16.1 Å². The van der Waals surface area contributed by atoms with Crippen molar-refractivity contribution >= 4 is 17.3 Å². The van der Waals surface area contributed by atoms with E-state index in [1.54, 1.807) is 12.4 Å². The first-order valence-electron chi connectivity index (χ1n) is 3.96. The Kier molecular flexibility index (Phi) is 3.39. The van der Waals surface area contributed by atoms with Crippen LogP contribution < -0.4 is 5.32 Å². The summed E-state index contributed by atoms with van der Waals surface area (Å²) in [6.07, 6.45) is 0. The molecule has 0 aliphatic carbocycles. The Morgan fingerprint density at radius 1 is 1.85 bits per heavy atom. The standard InChI is InChI=1S/C8H12N2O2S/c1-5-7(13-4-10-5)3-9-6(2)8(11)12/h4,6,9H,3H2,1-2H3,(H,11,12). The molecule has 1 heterocycles. The molecule has 1 rings (SSSR count). The molecule has 72 valence electrons. The lowest BCUT2D eigenvalue weighted by Gasteiger charge is -2.07. The largest absolute Gasteiger partial charge is 0.480 e. The summed E-state index contributed by atoms with van der Waals surface area (Å²) in [6.45, 7) is 4.11. The van der Waals surface area contributed by atoms with E-state index in [9.17, 15) is 4.79 Å². The summed E-state index contributed by atoms with van der Waals surface area (Å²) in [4.78, 5) is 15.6. The number of aromatic nitrogens is 1. The lowest BCUT2D eigenvalue weighted by atomic mass is 10.3. The van der Waals surface area contributed by atoms with Gasteiger partial charge in [0.1, 0.15) is 6.04 Å². The van der Waals surface area contributed by atoms with Gasteiger partial charge in [0.2, 0.25) is 0 Å². The van der Waals surface area contributed by atoms with Crippen LogP contribution in [0.4, 0.5) is 0 Å². The second kappa shape index (κ2) is 4.34. The molecule has 0 radical (unpaired) electrons. The van der Waals surface area contributed by atoms with Crippen molar-refractivity contribution < 1.29 is 9.90 Å². The van der Waals surface area contributed by atoms with Crippen LogP contribution >= 0.6 is 11.3 Å². The number of nitrogens with one attached hydrogen (secondary N) is 1. The zero-order valence-electron chi connectivity index (χ0n) is 7.57. The molecule has 2 N–H and O–H groups in total. The molecule has 0 amide bonds. The van der Waals surface area contributed by atoms with E-state index in [0.29, 0.717) is 6.54 Å². The van der Waals surface area contributed by atoms with Crippen LogP contribution in [0.1, 0.15) is 17.5 Å². The second-order valence-corrected chi connectivity index (χ2v) is 3.74. The molecule has 0 bridgehead atoms. The number of rotatable bonds is 4. The van der Waals surface area contributed by atoms with E-state index < -0.39 is 12.0 Å². The molecule has 0 fully saturated rings. The third-order valence-corrected chi connectivity index (χ3v) is 2.72. The zero-order valence-corrected chi connectivity index (χ0v) is 8.39. The highest BCUT2D eigenvalue weighted by Crippen LogP contribution is 2.11. The van der Waals surface area contributed by atoms with Crippen LogP contribution in [0.2, 0.25) is 0 Å². The molecule has 5 heteroatoms. The van der Waals surface area contributed by atoms with Gasteiger partial charge in [-0.15, -0.1) is 11.3 Å². The van der Waals surface area contributed by atoms with E-state index in [1.165, 1.54) is 11.3 Å². The highest BCUT2D eigenvalue weighted by molar-refractivity contribution is 7.09. The predicted octanol–water partition coefficient (Wildman–Crippen LogP) is 1.01. The van der Waals surface area contributed by atoms with Crippen LogP contribution in [-0.4, -0.2) is 22.1 Å². The fraction of sp³-hybridized carbons (Fsp3) is 0.500. The van der Waals surface area contributed by atoms with E-state index in [0.717, 1.165) is 10.6 Å². The number of thiazole rings is 1. The first kappa shape index (κ1) is 10.1. The first-order valence-corrected chi connectivity index (χ1v) is 4.84. The van der Waals surface area contributed by atoms with Gasteiger partial charge in [-0.2, -0.15) is 0 Å². The topological polar surface area (TPSA) is 62.2 Å². The molecule has 1 aromatic heterocycles. The number of carboxylic acids is 1. The SMILES string of the molecule is Cc1ncsc1CNC(C)C(=O)O. The van der Waals surface area contributed by atoms with Crippen molar-refractivity contribution in [2.45, 2.75) is 26.4 Å². The zero-order chi connectivity index (χ0) is 9.84. The van der Waals surface area contributed by atoms with Crippen molar-refractivity contribution in [3.8, 4) is 0 Å². The van der Waals surface area contributed by atoms with Gasteiger partial charge in [-0.3, -0.25) is 10.1 Å². The minimum absolute atomic E-state index is 0.513. The van der Waals surface area contributed by atoms with Gasteiger partial charge in [0.25, 0.3) is 0 Å². The Bertz CT molecular complexity index is 298. The Morgan fingerprint density at radius 2 is 2.54 bits per heavy atom. The highest BCUT2D eigenvalue weighted by Gasteiger charge is 2.10. The van der Waals surface area contributed by atoms with Gasteiger partial charge in [0.15, 0.2) is 0 Å². The summed E-state index contributed by atoms with van der Waals surface area (Å²) in [5, 5.41) is 11.5. The molecule has 13 heavy (non-hydrogen) atoms. The number of aliphatic carboxylic acids is 1. The van der Waals surface area contributed by atoms with Crippen molar-refractivity contribution in [2.24, 2.45) is 0 Å². The third kappa shape index (κ3) is 2.78. The van der Waals surface area contributed by atoms with Gasteiger partial charge < -0.3 is 5.11 Å². The number of hydrogen-bond donors (Lipinski definition) is 2. The maximum absolute atomic E-state index is 10.5. The van der Waals surface area contributed by atoms with E-state index >= 15 is 0 Å². The summed E-state index contributed by atoms with van der Waals surface area (Å²) in [5.41, 5.74) is 2.73. The van der Waals surface area contributed by atoms with E-state index in [4.69, 9.17) is 5.11 Å². The normalized spacial score (nSPS) is 12.8. The Hall–Kier alpha value is -0.940. The molecule has 0 aliphatic rings. The van der Waals surface area contributed by atoms with E-state index in [2.05, 4.69) is 10.3 Å². The van der Waals surface area contributed by atoms with Crippen molar-refractivity contribution in [1.29, 1.82) is 0 Å². The Morgan fingerprint density at radius 3 is 3.00 bits per heavy atom. The molecule has 1 unspecified atom stereocenters. The fourth-order valence-corrected chi connectivity index (χ4v) is 1.56. The van der Waals surface area contributed by atoms with Crippen LogP contribution in [-0.2, 0) is 11.3 Å². The van der Waals surface area contributed by atoms with Crippen LogP contribution in [0.3, 0.4) is 0 Å². The summed E-state index contributed by atoms with van der Waals surface area (Å²) in [5.74, 6) is -0.831. The fourth-order valence-electron chi connectivity index (χ4n) is 0.829. The molecular formula is C8H12N2O2S. The molecule has 0 aromatic carbocycles.